The molecule has 25 heavy (non-hydrogen) atoms. The molecule has 0 spiro atoms. The van der Waals surface area contributed by atoms with Crippen LogP contribution in [0.4, 0.5) is 23.1 Å². The molecular formula is C16H21N7O2. The van der Waals surface area contributed by atoms with Gasteiger partial charge >= 0.3 is 0 Å². The molecule has 1 saturated heterocycles. The molecule has 0 bridgehead atoms. The minimum absolute atomic E-state index is 0.0121. The SMILES string of the molecule is COc1ccc(N(N)c2nc(NC3CCNC(=O)C3)ncc2N)cc1. The van der Waals surface area contributed by atoms with E-state index in [1.54, 1.807) is 31.4 Å². The number of nitrogens with one attached hydrogen (secondary N) is 2. The molecular weight excluding hydrogens is 322 g/mol. The summed E-state index contributed by atoms with van der Waals surface area (Å²) in [5.41, 5.74) is 7.03. The number of piperidine rings is 1. The van der Waals surface area contributed by atoms with Crippen molar-refractivity contribution in [1.82, 2.24) is 15.3 Å². The van der Waals surface area contributed by atoms with Crippen molar-refractivity contribution in [1.29, 1.82) is 0 Å². The topological polar surface area (TPSA) is 131 Å². The van der Waals surface area contributed by atoms with Crippen LogP contribution in [0.15, 0.2) is 30.5 Å². The fraction of sp³-hybridized carbons (Fsp3) is 0.312. The van der Waals surface area contributed by atoms with E-state index >= 15 is 0 Å². The lowest BCUT2D eigenvalue weighted by molar-refractivity contribution is -0.122. The van der Waals surface area contributed by atoms with E-state index in [1.807, 2.05) is 0 Å². The number of hydrazine groups is 1. The molecule has 132 valence electrons. The highest BCUT2D eigenvalue weighted by Gasteiger charge is 2.20. The highest BCUT2D eigenvalue weighted by molar-refractivity contribution is 5.78. The van der Waals surface area contributed by atoms with Crippen LogP contribution in [-0.4, -0.2) is 35.6 Å². The molecule has 2 aromatic rings. The number of aromatic nitrogens is 2. The summed E-state index contributed by atoms with van der Waals surface area (Å²) in [5.74, 6) is 7.66. The molecule has 0 radical (unpaired) electrons. The first-order valence-corrected chi connectivity index (χ1v) is 7.91. The molecule has 1 unspecified atom stereocenters. The van der Waals surface area contributed by atoms with Crippen molar-refractivity contribution >= 4 is 29.0 Å². The van der Waals surface area contributed by atoms with Crippen molar-refractivity contribution in [2.75, 3.05) is 29.7 Å². The Balaban J connectivity index is 1.79. The molecule has 0 aliphatic carbocycles. The molecule has 2 heterocycles. The summed E-state index contributed by atoms with van der Waals surface area (Å²) in [5, 5.41) is 7.34. The van der Waals surface area contributed by atoms with Gasteiger partial charge in [-0.25, -0.2) is 10.8 Å². The Bertz CT molecular complexity index is 751. The first-order chi connectivity index (χ1) is 12.1. The van der Waals surface area contributed by atoms with Crippen molar-refractivity contribution in [2.45, 2.75) is 18.9 Å². The first kappa shape index (κ1) is 16.8. The highest BCUT2D eigenvalue weighted by atomic mass is 16.5. The number of carbonyl (C=O) groups excluding carboxylic acids is 1. The van der Waals surface area contributed by atoms with Crippen LogP contribution in [0.1, 0.15) is 12.8 Å². The zero-order chi connectivity index (χ0) is 17.8. The van der Waals surface area contributed by atoms with E-state index in [-0.39, 0.29) is 11.9 Å². The van der Waals surface area contributed by atoms with Gasteiger partial charge in [-0.3, -0.25) is 9.80 Å². The number of benzene rings is 1. The lowest BCUT2D eigenvalue weighted by Crippen LogP contribution is -2.40. The average Bonchev–Trinajstić information content (AvgIpc) is 2.63. The maximum absolute atomic E-state index is 11.5. The van der Waals surface area contributed by atoms with Gasteiger partial charge in [-0.15, -0.1) is 0 Å². The third kappa shape index (κ3) is 3.89. The Hall–Kier alpha value is -3.07. The van der Waals surface area contributed by atoms with Gasteiger partial charge in [0, 0.05) is 19.0 Å². The smallest absolute Gasteiger partial charge is 0.225 e. The summed E-state index contributed by atoms with van der Waals surface area (Å²) in [6.07, 6.45) is 2.68. The van der Waals surface area contributed by atoms with E-state index in [1.165, 1.54) is 11.2 Å². The standard InChI is InChI=1S/C16H21N7O2/c1-25-12-4-2-11(3-5-12)23(18)15-13(17)9-20-16(22-15)21-10-6-7-19-14(24)8-10/h2-5,9-10H,6-8,17-18H2,1H3,(H,19,24)(H,20,21,22). The lowest BCUT2D eigenvalue weighted by Gasteiger charge is -2.24. The van der Waals surface area contributed by atoms with E-state index in [0.29, 0.717) is 36.1 Å². The van der Waals surface area contributed by atoms with E-state index in [4.69, 9.17) is 16.3 Å². The molecule has 1 atom stereocenters. The second kappa shape index (κ2) is 7.22. The lowest BCUT2D eigenvalue weighted by atomic mass is 10.1. The molecule has 9 nitrogen and oxygen atoms in total. The van der Waals surface area contributed by atoms with Crippen LogP contribution in [0.25, 0.3) is 0 Å². The van der Waals surface area contributed by atoms with Gasteiger partial charge in [0.1, 0.15) is 5.75 Å². The average molecular weight is 343 g/mol. The van der Waals surface area contributed by atoms with Crippen molar-refractivity contribution in [3.63, 3.8) is 0 Å². The monoisotopic (exact) mass is 343 g/mol. The molecule has 0 saturated carbocycles. The number of amides is 1. The van der Waals surface area contributed by atoms with Crippen molar-refractivity contribution in [3.05, 3.63) is 30.5 Å². The first-order valence-electron chi connectivity index (χ1n) is 7.91. The Labute approximate surface area is 145 Å². The fourth-order valence-corrected chi connectivity index (χ4v) is 2.60. The Kier molecular flexibility index (Phi) is 4.85. The number of carbonyl (C=O) groups is 1. The third-order valence-corrected chi connectivity index (χ3v) is 3.95. The van der Waals surface area contributed by atoms with Crippen molar-refractivity contribution in [2.24, 2.45) is 5.84 Å². The van der Waals surface area contributed by atoms with Crippen LogP contribution in [0.5, 0.6) is 5.75 Å². The minimum Gasteiger partial charge on any atom is -0.497 e. The van der Waals surface area contributed by atoms with E-state index in [2.05, 4.69) is 20.6 Å². The van der Waals surface area contributed by atoms with Gasteiger partial charge in [0.2, 0.25) is 11.9 Å². The van der Waals surface area contributed by atoms with Crippen molar-refractivity contribution in [3.8, 4) is 5.75 Å². The number of nitrogens with zero attached hydrogens (tertiary/aromatic N) is 3. The van der Waals surface area contributed by atoms with Gasteiger partial charge in [0.25, 0.3) is 0 Å². The van der Waals surface area contributed by atoms with Crippen LogP contribution in [0.3, 0.4) is 0 Å². The molecule has 1 aromatic heterocycles. The maximum Gasteiger partial charge on any atom is 0.225 e. The fourth-order valence-electron chi connectivity index (χ4n) is 2.60. The minimum atomic E-state index is -0.0163. The normalized spacial score (nSPS) is 16.9. The number of methoxy groups -OCH3 is 1. The predicted molar refractivity (Wildman–Crippen MR) is 95.4 cm³/mol. The largest absolute Gasteiger partial charge is 0.497 e. The van der Waals surface area contributed by atoms with Crippen LogP contribution >= 0.6 is 0 Å². The summed E-state index contributed by atoms with van der Waals surface area (Å²) in [7, 11) is 1.60. The number of hydrogen-bond donors (Lipinski definition) is 4. The molecule has 1 fully saturated rings. The van der Waals surface area contributed by atoms with E-state index in [9.17, 15) is 4.79 Å². The highest BCUT2D eigenvalue weighted by Crippen LogP contribution is 2.27. The maximum atomic E-state index is 11.5. The van der Waals surface area contributed by atoms with Crippen LogP contribution in [0, 0.1) is 0 Å². The Morgan fingerprint density at radius 1 is 1.36 bits per heavy atom. The van der Waals surface area contributed by atoms with Crippen molar-refractivity contribution < 1.29 is 9.53 Å². The molecule has 1 aliphatic rings. The molecule has 9 heteroatoms. The Morgan fingerprint density at radius 3 is 2.80 bits per heavy atom. The predicted octanol–water partition coefficient (Wildman–Crippen LogP) is 0.770. The summed E-state index contributed by atoms with van der Waals surface area (Å²) in [6.45, 7) is 0.632. The number of nitrogens with two attached hydrogens (primary N) is 2. The van der Waals surface area contributed by atoms with Gasteiger partial charge in [-0.05, 0) is 30.7 Å². The molecule has 1 amide bonds. The van der Waals surface area contributed by atoms with Gasteiger partial charge in [0.05, 0.1) is 24.7 Å². The summed E-state index contributed by atoms with van der Waals surface area (Å²) < 4.78 is 5.14. The summed E-state index contributed by atoms with van der Waals surface area (Å²) in [4.78, 5) is 20.1. The second-order valence-electron chi connectivity index (χ2n) is 5.72. The van der Waals surface area contributed by atoms with Gasteiger partial charge in [-0.1, -0.05) is 0 Å². The second-order valence-corrected chi connectivity index (χ2v) is 5.72. The van der Waals surface area contributed by atoms with E-state index < -0.39 is 0 Å². The zero-order valence-electron chi connectivity index (χ0n) is 13.9. The van der Waals surface area contributed by atoms with Crippen LogP contribution in [-0.2, 0) is 4.79 Å². The van der Waals surface area contributed by atoms with Gasteiger partial charge in [0.15, 0.2) is 5.82 Å². The van der Waals surface area contributed by atoms with Crippen LogP contribution in [0.2, 0.25) is 0 Å². The van der Waals surface area contributed by atoms with Gasteiger partial charge in [-0.2, -0.15) is 4.98 Å². The molecule has 6 N–H and O–H groups in total. The molecule has 1 aromatic carbocycles. The summed E-state index contributed by atoms with van der Waals surface area (Å²) in [6, 6.07) is 7.19. The zero-order valence-corrected chi connectivity index (χ0v) is 13.9. The van der Waals surface area contributed by atoms with Crippen LogP contribution < -0.4 is 32.0 Å². The Morgan fingerprint density at radius 2 is 2.12 bits per heavy atom. The summed E-state index contributed by atoms with van der Waals surface area (Å²) >= 11 is 0. The third-order valence-electron chi connectivity index (χ3n) is 3.95. The van der Waals surface area contributed by atoms with Gasteiger partial charge < -0.3 is 21.1 Å². The number of ether oxygens (including phenoxy) is 1. The number of anilines is 4. The number of rotatable bonds is 5. The molecule has 1 aliphatic heterocycles. The molecule has 3 rings (SSSR count). The quantitative estimate of drug-likeness (QED) is 0.462. The number of hydrogen-bond acceptors (Lipinski definition) is 8. The van der Waals surface area contributed by atoms with E-state index in [0.717, 1.165) is 12.2 Å². The number of nitrogen functional groups attached to an aromatic ring is 1.